The van der Waals surface area contributed by atoms with E-state index in [-0.39, 0.29) is 24.4 Å². The number of benzene rings is 1. The Labute approximate surface area is 142 Å². The Balaban J connectivity index is 2.77. The number of halogens is 1. The summed E-state index contributed by atoms with van der Waals surface area (Å²) in [6.07, 6.45) is 0. The van der Waals surface area contributed by atoms with Gasteiger partial charge in [0.2, 0.25) is 5.91 Å². The molecular formula is C17H25ClN2O3. The van der Waals surface area contributed by atoms with Crippen LogP contribution >= 0.6 is 11.6 Å². The first-order chi connectivity index (χ1) is 10.7. The minimum Gasteiger partial charge on any atom is -0.478 e. The lowest BCUT2D eigenvalue weighted by molar-refractivity contribution is -0.147. The molecule has 0 spiro atoms. The summed E-state index contributed by atoms with van der Waals surface area (Å²) in [5, 5.41) is 3.38. The molecule has 0 saturated heterocycles. The monoisotopic (exact) mass is 340 g/mol. The van der Waals surface area contributed by atoms with Crippen LogP contribution in [0.3, 0.4) is 0 Å². The van der Waals surface area contributed by atoms with E-state index in [0.29, 0.717) is 17.3 Å². The predicted octanol–water partition coefficient (Wildman–Crippen LogP) is 2.87. The summed E-state index contributed by atoms with van der Waals surface area (Å²) in [6, 6.07) is 6.85. The summed E-state index contributed by atoms with van der Waals surface area (Å²) < 4.78 is 5.78. The molecule has 0 atom stereocenters. The van der Waals surface area contributed by atoms with E-state index in [0.717, 1.165) is 0 Å². The van der Waals surface area contributed by atoms with Gasteiger partial charge in [0.05, 0.1) is 6.54 Å². The first kappa shape index (κ1) is 19.3. The van der Waals surface area contributed by atoms with Crippen LogP contribution < -0.4 is 10.1 Å². The summed E-state index contributed by atoms with van der Waals surface area (Å²) in [5.74, 6) is 0.127. The zero-order valence-electron chi connectivity index (χ0n) is 14.4. The van der Waals surface area contributed by atoms with E-state index < -0.39 is 5.60 Å². The third-order valence-electron chi connectivity index (χ3n) is 3.15. The SMILES string of the molecule is CCN(CC(=O)NC(C)C)C(=O)C(C)(C)Oc1ccc(Cl)cc1. The van der Waals surface area contributed by atoms with Gasteiger partial charge in [-0.05, 0) is 58.9 Å². The van der Waals surface area contributed by atoms with Gasteiger partial charge in [0.15, 0.2) is 5.60 Å². The minimum atomic E-state index is -1.08. The molecule has 0 heterocycles. The molecule has 1 N–H and O–H groups in total. The van der Waals surface area contributed by atoms with Crippen LogP contribution in [0.1, 0.15) is 34.6 Å². The van der Waals surface area contributed by atoms with E-state index in [2.05, 4.69) is 5.32 Å². The molecule has 0 fully saturated rings. The van der Waals surface area contributed by atoms with Crippen LogP contribution in [0.15, 0.2) is 24.3 Å². The van der Waals surface area contributed by atoms with E-state index in [1.165, 1.54) is 4.90 Å². The van der Waals surface area contributed by atoms with Crippen LogP contribution in [0.4, 0.5) is 0 Å². The molecule has 0 aliphatic carbocycles. The van der Waals surface area contributed by atoms with Gasteiger partial charge in [-0.1, -0.05) is 11.6 Å². The molecule has 1 aromatic rings. The molecule has 5 nitrogen and oxygen atoms in total. The summed E-state index contributed by atoms with van der Waals surface area (Å²) in [6.45, 7) is 9.41. The summed E-state index contributed by atoms with van der Waals surface area (Å²) >= 11 is 5.84. The predicted molar refractivity (Wildman–Crippen MR) is 91.7 cm³/mol. The number of hydrogen-bond donors (Lipinski definition) is 1. The van der Waals surface area contributed by atoms with Crippen molar-refractivity contribution in [2.75, 3.05) is 13.1 Å². The van der Waals surface area contributed by atoms with Crippen LogP contribution in [-0.4, -0.2) is 41.4 Å². The molecule has 1 aromatic carbocycles. The maximum absolute atomic E-state index is 12.7. The van der Waals surface area contributed by atoms with Gasteiger partial charge < -0.3 is 15.0 Å². The number of ether oxygens (including phenoxy) is 1. The Morgan fingerprint density at radius 3 is 2.30 bits per heavy atom. The fourth-order valence-corrected chi connectivity index (χ4v) is 2.22. The summed E-state index contributed by atoms with van der Waals surface area (Å²) in [5.41, 5.74) is -1.08. The molecule has 0 radical (unpaired) electrons. The highest BCUT2D eigenvalue weighted by molar-refractivity contribution is 6.30. The zero-order valence-corrected chi connectivity index (χ0v) is 15.1. The largest absolute Gasteiger partial charge is 0.478 e. The van der Waals surface area contributed by atoms with Crippen molar-refractivity contribution >= 4 is 23.4 Å². The van der Waals surface area contributed by atoms with Crippen molar-refractivity contribution in [1.29, 1.82) is 0 Å². The van der Waals surface area contributed by atoms with Crippen molar-refractivity contribution in [2.24, 2.45) is 0 Å². The fourth-order valence-electron chi connectivity index (χ4n) is 2.09. The van der Waals surface area contributed by atoms with Crippen molar-refractivity contribution in [3.8, 4) is 5.75 Å². The molecule has 2 amide bonds. The van der Waals surface area contributed by atoms with Gasteiger partial charge in [0, 0.05) is 17.6 Å². The van der Waals surface area contributed by atoms with Crippen molar-refractivity contribution in [3.05, 3.63) is 29.3 Å². The van der Waals surface area contributed by atoms with Gasteiger partial charge in [0.1, 0.15) is 5.75 Å². The topological polar surface area (TPSA) is 58.6 Å². The number of carbonyl (C=O) groups excluding carboxylic acids is 2. The molecule has 128 valence electrons. The standard InChI is InChI=1S/C17H25ClN2O3/c1-6-20(11-15(21)19-12(2)3)16(22)17(4,5)23-14-9-7-13(18)8-10-14/h7-10,12H,6,11H2,1-5H3,(H,19,21). The third kappa shape index (κ3) is 6.10. The lowest BCUT2D eigenvalue weighted by Gasteiger charge is -2.31. The molecule has 6 heteroatoms. The average Bonchev–Trinajstić information content (AvgIpc) is 2.45. The van der Waals surface area contributed by atoms with Crippen LogP contribution in [0.2, 0.25) is 5.02 Å². The molecule has 0 saturated carbocycles. The molecule has 23 heavy (non-hydrogen) atoms. The van der Waals surface area contributed by atoms with Gasteiger partial charge in [-0.3, -0.25) is 9.59 Å². The quantitative estimate of drug-likeness (QED) is 0.830. The number of nitrogens with zero attached hydrogens (tertiary/aromatic N) is 1. The van der Waals surface area contributed by atoms with Crippen LogP contribution in [0, 0.1) is 0 Å². The maximum Gasteiger partial charge on any atom is 0.266 e. The van der Waals surface area contributed by atoms with Crippen molar-refractivity contribution in [3.63, 3.8) is 0 Å². The zero-order chi connectivity index (χ0) is 17.6. The van der Waals surface area contributed by atoms with E-state index in [9.17, 15) is 9.59 Å². The second-order valence-electron chi connectivity index (χ2n) is 6.11. The molecule has 0 aromatic heterocycles. The number of rotatable bonds is 7. The Hall–Kier alpha value is -1.75. The highest BCUT2D eigenvalue weighted by Crippen LogP contribution is 2.22. The summed E-state index contributed by atoms with van der Waals surface area (Å²) in [4.78, 5) is 26.1. The van der Waals surface area contributed by atoms with Crippen molar-refractivity contribution in [2.45, 2.75) is 46.3 Å². The fraction of sp³-hybridized carbons (Fsp3) is 0.529. The maximum atomic E-state index is 12.7. The summed E-state index contributed by atoms with van der Waals surface area (Å²) in [7, 11) is 0. The highest BCUT2D eigenvalue weighted by atomic mass is 35.5. The Morgan fingerprint density at radius 1 is 1.26 bits per heavy atom. The van der Waals surface area contributed by atoms with Gasteiger partial charge in [-0.15, -0.1) is 0 Å². The first-order valence-electron chi connectivity index (χ1n) is 7.69. The van der Waals surface area contributed by atoms with Gasteiger partial charge in [-0.2, -0.15) is 0 Å². The first-order valence-corrected chi connectivity index (χ1v) is 8.06. The van der Waals surface area contributed by atoms with E-state index >= 15 is 0 Å². The Kier molecular flexibility index (Phi) is 6.88. The lowest BCUT2D eigenvalue weighted by atomic mass is 10.1. The number of amides is 2. The molecule has 0 aliphatic rings. The van der Waals surface area contributed by atoms with Crippen LogP contribution in [-0.2, 0) is 9.59 Å². The average molecular weight is 341 g/mol. The van der Waals surface area contributed by atoms with Gasteiger partial charge in [0.25, 0.3) is 5.91 Å². The van der Waals surface area contributed by atoms with Gasteiger partial charge in [-0.25, -0.2) is 0 Å². The second kappa shape index (κ2) is 8.20. The minimum absolute atomic E-state index is 0.0148. The van der Waals surface area contributed by atoms with Crippen molar-refractivity contribution in [1.82, 2.24) is 10.2 Å². The van der Waals surface area contributed by atoms with Gasteiger partial charge >= 0.3 is 0 Å². The van der Waals surface area contributed by atoms with E-state index in [1.807, 2.05) is 20.8 Å². The number of hydrogen-bond acceptors (Lipinski definition) is 3. The van der Waals surface area contributed by atoms with Crippen LogP contribution in [0.5, 0.6) is 5.75 Å². The third-order valence-corrected chi connectivity index (χ3v) is 3.41. The number of likely N-dealkylation sites (N-methyl/N-ethyl adjacent to an activating group) is 1. The number of nitrogens with one attached hydrogen (secondary N) is 1. The van der Waals surface area contributed by atoms with E-state index in [4.69, 9.17) is 16.3 Å². The molecule has 0 aliphatic heterocycles. The molecule has 1 rings (SSSR count). The normalized spacial score (nSPS) is 11.3. The van der Waals surface area contributed by atoms with E-state index in [1.54, 1.807) is 38.1 Å². The van der Waals surface area contributed by atoms with Crippen LogP contribution in [0.25, 0.3) is 0 Å². The highest BCUT2D eigenvalue weighted by Gasteiger charge is 2.34. The smallest absolute Gasteiger partial charge is 0.266 e. The molecule has 0 unspecified atom stereocenters. The Morgan fingerprint density at radius 2 is 1.83 bits per heavy atom. The molecule has 0 bridgehead atoms. The number of carbonyl (C=O) groups is 2. The Bertz CT molecular complexity index is 541. The van der Waals surface area contributed by atoms with Crippen molar-refractivity contribution < 1.29 is 14.3 Å². The molecular weight excluding hydrogens is 316 g/mol. The second-order valence-corrected chi connectivity index (χ2v) is 6.54. The lowest BCUT2D eigenvalue weighted by Crippen LogP contribution is -2.52.